The quantitative estimate of drug-likeness (QED) is 0.647. The molecule has 0 aromatic carbocycles. The monoisotopic (exact) mass is 216 g/mol. The zero-order chi connectivity index (χ0) is 10.6. The zero-order valence-corrected chi connectivity index (χ0v) is 8.80. The number of nitrogens with two attached hydrogens (primary N) is 1. The van der Waals surface area contributed by atoms with E-state index in [1.165, 1.54) is 11.8 Å². The summed E-state index contributed by atoms with van der Waals surface area (Å²) in [4.78, 5) is 10.8. The molecule has 3 N–H and O–H groups in total. The van der Waals surface area contributed by atoms with Crippen molar-refractivity contribution in [1.82, 2.24) is 15.5 Å². The van der Waals surface area contributed by atoms with Crippen LogP contribution in [0.4, 0.5) is 0 Å². The van der Waals surface area contributed by atoms with Gasteiger partial charge in [-0.2, -0.15) is 0 Å². The average molecular weight is 216 g/mol. The molecular formula is C7H12N4O2S. The van der Waals surface area contributed by atoms with Gasteiger partial charge in [0, 0.05) is 12.7 Å². The largest absolute Gasteiger partial charge is 0.416 e. The lowest BCUT2D eigenvalue weighted by molar-refractivity contribution is -0.119. The summed E-state index contributed by atoms with van der Waals surface area (Å²) in [5.74, 6) is 0.594. The average Bonchev–Trinajstić information content (AvgIpc) is 2.52. The number of hydrogen-bond acceptors (Lipinski definition) is 6. The SMILES string of the molecule is CNC(CSc1nnc(C)o1)C(N)=O. The number of aryl methyl sites for hydroxylation is 1. The number of aromatic nitrogens is 2. The van der Waals surface area contributed by atoms with E-state index < -0.39 is 5.91 Å². The topological polar surface area (TPSA) is 94.0 Å². The normalized spacial score (nSPS) is 12.7. The molecule has 0 aliphatic heterocycles. The van der Waals surface area contributed by atoms with Gasteiger partial charge in [0.05, 0.1) is 6.04 Å². The van der Waals surface area contributed by atoms with Gasteiger partial charge in [0.15, 0.2) is 0 Å². The van der Waals surface area contributed by atoms with E-state index >= 15 is 0 Å². The van der Waals surface area contributed by atoms with E-state index in [1.54, 1.807) is 14.0 Å². The van der Waals surface area contributed by atoms with Crippen LogP contribution in [0, 0.1) is 6.92 Å². The van der Waals surface area contributed by atoms with Crippen LogP contribution >= 0.6 is 11.8 Å². The third-order valence-corrected chi connectivity index (χ3v) is 2.48. The lowest BCUT2D eigenvalue weighted by atomic mass is 10.3. The molecule has 7 heteroatoms. The predicted octanol–water partition coefficient (Wildman–Crippen LogP) is -0.457. The number of likely N-dealkylation sites (N-methyl/N-ethyl adjacent to an activating group) is 1. The van der Waals surface area contributed by atoms with Crippen LogP contribution in [-0.2, 0) is 4.79 Å². The van der Waals surface area contributed by atoms with Crippen molar-refractivity contribution in [3.8, 4) is 0 Å². The van der Waals surface area contributed by atoms with E-state index in [9.17, 15) is 4.79 Å². The van der Waals surface area contributed by atoms with Crippen molar-refractivity contribution in [2.45, 2.75) is 18.2 Å². The minimum Gasteiger partial charge on any atom is -0.416 e. The Morgan fingerprint density at radius 3 is 2.86 bits per heavy atom. The molecule has 1 amide bonds. The van der Waals surface area contributed by atoms with Crippen molar-refractivity contribution in [2.24, 2.45) is 5.73 Å². The van der Waals surface area contributed by atoms with E-state index in [0.717, 1.165) is 0 Å². The van der Waals surface area contributed by atoms with E-state index in [-0.39, 0.29) is 6.04 Å². The molecule has 1 unspecified atom stereocenters. The Kier molecular flexibility index (Phi) is 3.90. The number of carbonyl (C=O) groups excluding carboxylic acids is 1. The van der Waals surface area contributed by atoms with Crippen molar-refractivity contribution in [3.63, 3.8) is 0 Å². The first kappa shape index (κ1) is 11.0. The molecule has 6 nitrogen and oxygen atoms in total. The highest BCUT2D eigenvalue weighted by molar-refractivity contribution is 7.99. The predicted molar refractivity (Wildman–Crippen MR) is 51.8 cm³/mol. The van der Waals surface area contributed by atoms with Gasteiger partial charge in [-0.1, -0.05) is 11.8 Å². The van der Waals surface area contributed by atoms with Crippen LogP contribution in [0.1, 0.15) is 5.89 Å². The van der Waals surface area contributed by atoms with Gasteiger partial charge in [0.1, 0.15) is 0 Å². The van der Waals surface area contributed by atoms with Gasteiger partial charge in [-0.25, -0.2) is 0 Å². The van der Waals surface area contributed by atoms with Gasteiger partial charge in [0.25, 0.3) is 5.22 Å². The summed E-state index contributed by atoms with van der Waals surface area (Å²) in [6.45, 7) is 1.71. The summed E-state index contributed by atoms with van der Waals surface area (Å²) in [6, 6.07) is -0.382. The second kappa shape index (κ2) is 4.97. The molecule has 1 heterocycles. The van der Waals surface area contributed by atoms with Gasteiger partial charge in [-0.05, 0) is 7.05 Å². The second-order valence-electron chi connectivity index (χ2n) is 2.64. The van der Waals surface area contributed by atoms with Crippen LogP contribution in [0.5, 0.6) is 0 Å². The van der Waals surface area contributed by atoms with Crippen molar-refractivity contribution < 1.29 is 9.21 Å². The summed E-state index contributed by atoms with van der Waals surface area (Å²) in [5.41, 5.74) is 5.14. The Morgan fingerprint density at radius 1 is 1.71 bits per heavy atom. The maximum atomic E-state index is 10.8. The van der Waals surface area contributed by atoms with Crippen LogP contribution in [0.2, 0.25) is 0 Å². The molecule has 0 fully saturated rings. The van der Waals surface area contributed by atoms with Crippen LogP contribution in [0.25, 0.3) is 0 Å². The number of thioether (sulfide) groups is 1. The number of hydrogen-bond donors (Lipinski definition) is 2. The lowest BCUT2D eigenvalue weighted by Gasteiger charge is -2.08. The molecule has 14 heavy (non-hydrogen) atoms. The van der Waals surface area contributed by atoms with Crippen LogP contribution in [0.15, 0.2) is 9.64 Å². The molecule has 0 aliphatic rings. The summed E-state index contributed by atoms with van der Waals surface area (Å²) in [6.07, 6.45) is 0. The minimum absolute atomic E-state index is 0.382. The Bertz CT molecular complexity index is 314. The smallest absolute Gasteiger partial charge is 0.276 e. The summed E-state index contributed by atoms with van der Waals surface area (Å²) in [5, 5.41) is 10.7. The number of carbonyl (C=O) groups is 1. The molecule has 1 aromatic heterocycles. The fraction of sp³-hybridized carbons (Fsp3) is 0.571. The Hall–Kier alpha value is -1.08. The van der Waals surface area contributed by atoms with Crippen LogP contribution in [0.3, 0.4) is 0 Å². The zero-order valence-electron chi connectivity index (χ0n) is 7.98. The van der Waals surface area contributed by atoms with Gasteiger partial charge in [-0.15, -0.1) is 10.2 Å². The van der Waals surface area contributed by atoms with Crippen molar-refractivity contribution in [2.75, 3.05) is 12.8 Å². The van der Waals surface area contributed by atoms with Crippen molar-refractivity contribution in [3.05, 3.63) is 5.89 Å². The first-order valence-electron chi connectivity index (χ1n) is 4.03. The highest BCUT2D eigenvalue weighted by Gasteiger charge is 2.14. The molecule has 78 valence electrons. The Morgan fingerprint density at radius 2 is 2.43 bits per heavy atom. The maximum Gasteiger partial charge on any atom is 0.276 e. The van der Waals surface area contributed by atoms with Crippen LogP contribution in [-0.4, -0.2) is 34.9 Å². The van der Waals surface area contributed by atoms with Gasteiger partial charge in [0.2, 0.25) is 11.8 Å². The molecule has 0 saturated carbocycles. The second-order valence-corrected chi connectivity index (χ2v) is 3.61. The highest BCUT2D eigenvalue weighted by Crippen LogP contribution is 2.16. The summed E-state index contributed by atoms with van der Waals surface area (Å²) in [7, 11) is 1.68. The summed E-state index contributed by atoms with van der Waals surface area (Å²) < 4.78 is 5.12. The first-order valence-corrected chi connectivity index (χ1v) is 5.01. The fourth-order valence-electron chi connectivity index (χ4n) is 0.799. The number of rotatable bonds is 5. The third kappa shape index (κ3) is 3.00. The van der Waals surface area contributed by atoms with E-state index in [1.807, 2.05) is 0 Å². The van der Waals surface area contributed by atoms with E-state index in [4.69, 9.17) is 10.2 Å². The molecule has 0 saturated heterocycles. The molecule has 1 aromatic rings. The van der Waals surface area contributed by atoms with Gasteiger partial charge < -0.3 is 15.5 Å². The number of nitrogens with zero attached hydrogens (tertiary/aromatic N) is 2. The number of primary amides is 1. The summed E-state index contributed by atoms with van der Waals surface area (Å²) >= 11 is 1.30. The van der Waals surface area contributed by atoms with Gasteiger partial charge in [-0.3, -0.25) is 4.79 Å². The molecule has 0 radical (unpaired) electrons. The molecule has 1 atom stereocenters. The molecule has 0 aliphatic carbocycles. The molecule has 1 rings (SSSR count). The molecule has 0 bridgehead atoms. The first-order chi connectivity index (χ1) is 6.63. The molecule has 0 spiro atoms. The van der Waals surface area contributed by atoms with E-state index in [0.29, 0.717) is 16.9 Å². The van der Waals surface area contributed by atoms with Crippen LogP contribution < -0.4 is 11.1 Å². The van der Waals surface area contributed by atoms with E-state index in [2.05, 4.69) is 15.5 Å². The third-order valence-electron chi connectivity index (χ3n) is 1.57. The Balaban J connectivity index is 2.43. The van der Waals surface area contributed by atoms with Crippen molar-refractivity contribution in [1.29, 1.82) is 0 Å². The minimum atomic E-state index is -0.392. The molecular weight excluding hydrogens is 204 g/mol. The fourth-order valence-corrected chi connectivity index (χ4v) is 1.72. The number of amides is 1. The Labute approximate surface area is 85.6 Å². The standard InChI is InChI=1S/C7H12N4O2S/c1-4-10-11-7(13-4)14-3-5(9-2)6(8)12/h5,9H,3H2,1-2H3,(H2,8,12). The lowest BCUT2D eigenvalue weighted by Crippen LogP contribution is -2.41. The van der Waals surface area contributed by atoms with Gasteiger partial charge >= 0.3 is 0 Å². The van der Waals surface area contributed by atoms with Crippen molar-refractivity contribution >= 4 is 17.7 Å². The maximum absolute atomic E-state index is 10.8. The highest BCUT2D eigenvalue weighted by atomic mass is 32.2. The number of nitrogens with one attached hydrogen (secondary N) is 1.